The van der Waals surface area contributed by atoms with Gasteiger partial charge in [0.1, 0.15) is 0 Å². The van der Waals surface area contributed by atoms with Crippen molar-refractivity contribution in [2.45, 2.75) is 57.8 Å². The van der Waals surface area contributed by atoms with Gasteiger partial charge in [0.05, 0.1) is 13.7 Å². The number of ether oxygens (including phenoxy) is 2. The fourth-order valence-electron chi connectivity index (χ4n) is 3.09. The standard InChI is InChI=1S/C15H26O5Si/c1-14(2,3)21(5,6)20-11-7-10-9-19-13(17)15(10,8-11)12(16)18-4/h10-11H,7-9H2,1-6H3/t10-,11-,15-/m1/s1. The highest BCUT2D eigenvalue weighted by molar-refractivity contribution is 6.74. The zero-order valence-electron chi connectivity index (χ0n) is 13.8. The van der Waals surface area contributed by atoms with Crippen LogP contribution in [0.3, 0.4) is 0 Å². The van der Waals surface area contributed by atoms with Gasteiger partial charge in [0.2, 0.25) is 0 Å². The molecule has 0 amide bonds. The van der Waals surface area contributed by atoms with E-state index in [1.807, 2.05) is 0 Å². The van der Waals surface area contributed by atoms with Gasteiger partial charge in [-0.1, -0.05) is 20.8 Å². The Hall–Kier alpha value is -0.883. The second-order valence-corrected chi connectivity index (χ2v) is 12.5. The maximum Gasteiger partial charge on any atom is 0.324 e. The van der Waals surface area contributed by atoms with E-state index in [-0.39, 0.29) is 17.1 Å². The number of esters is 2. The molecule has 2 fully saturated rings. The van der Waals surface area contributed by atoms with E-state index >= 15 is 0 Å². The molecule has 120 valence electrons. The summed E-state index contributed by atoms with van der Waals surface area (Å²) in [5.74, 6) is -1.04. The quantitative estimate of drug-likeness (QED) is 0.455. The third-order valence-electron chi connectivity index (χ3n) is 5.39. The van der Waals surface area contributed by atoms with E-state index < -0.39 is 25.7 Å². The molecule has 0 N–H and O–H groups in total. The normalized spacial score (nSPS) is 32.8. The van der Waals surface area contributed by atoms with E-state index in [9.17, 15) is 9.59 Å². The molecular weight excluding hydrogens is 288 g/mol. The first-order chi connectivity index (χ1) is 9.54. The van der Waals surface area contributed by atoms with Crippen molar-refractivity contribution in [1.82, 2.24) is 0 Å². The molecule has 0 aromatic heterocycles. The number of hydrogen-bond acceptors (Lipinski definition) is 5. The summed E-state index contributed by atoms with van der Waals surface area (Å²) in [5, 5.41) is 0.101. The molecule has 0 spiro atoms. The van der Waals surface area contributed by atoms with Crippen LogP contribution in [0.25, 0.3) is 0 Å². The summed E-state index contributed by atoms with van der Waals surface area (Å²) in [7, 11) is -0.601. The number of carbonyl (C=O) groups excluding carboxylic acids is 2. The van der Waals surface area contributed by atoms with Crippen LogP contribution in [0.2, 0.25) is 18.1 Å². The average Bonchev–Trinajstić information content (AvgIpc) is 2.85. The van der Waals surface area contributed by atoms with Crippen molar-refractivity contribution in [2.24, 2.45) is 11.3 Å². The van der Waals surface area contributed by atoms with Gasteiger partial charge >= 0.3 is 11.9 Å². The average molecular weight is 314 g/mol. The Morgan fingerprint density at radius 3 is 2.52 bits per heavy atom. The summed E-state index contributed by atoms with van der Waals surface area (Å²) in [6, 6.07) is 0. The van der Waals surface area contributed by atoms with Gasteiger partial charge in [-0.2, -0.15) is 0 Å². The zero-order chi connectivity index (χ0) is 16.1. The Bertz CT molecular complexity index is 453. The van der Waals surface area contributed by atoms with Crippen molar-refractivity contribution in [3.05, 3.63) is 0 Å². The summed E-state index contributed by atoms with van der Waals surface area (Å²) >= 11 is 0. The summed E-state index contributed by atoms with van der Waals surface area (Å²) in [6.07, 6.45) is 1.01. The molecule has 1 heterocycles. The first kappa shape index (κ1) is 16.5. The summed E-state index contributed by atoms with van der Waals surface area (Å²) in [6.45, 7) is 11.2. The molecule has 0 unspecified atom stereocenters. The van der Waals surface area contributed by atoms with Crippen LogP contribution in [0.4, 0.5) is 0 Å². The van der Waals surface area contributed by atoms with Gasteiger partial charge in [-0.3, -0.25) is 9.59 Å². The molecule has 1 aliphatic heterocycles. The van der Waals surface area contributed by atoms with Crippen molar-refractivity contribution in [3.8, 4) is 0 Å². The van der Waals surface area contributed by atoms with E-state index in [0.29, 0.717) is 19.4 Å². The maximum atomic E-state index is 12.2. The molecule has 1 saturated heterocycles. The lowest BCUT2D eigenvalue weighted by Crippen LogP contribution is -2.44. The van der Waals surface area contributed by atoms with E-state index in [0.717, 1.165) is 0 Å². The van der Waals surface area contributed by atoms with Crippen molar-refractivity contribution < 1.29 is 23.5 Å². The second-order valence-electron chi connectivity index (χ2n) is 7.70. The minimum atomic E-state index is -1.92. The van der Waals surface area contributed by atoms with Crippen LogP contribution >= 0.6 is 0 Å². The Morgan fingerprint density at radius 2 is 2.00 bits per heavy atom. The molecule has 2 rings (SSSR count). The number of carbonyl (C=O) groups is 2. The molecular formula is C15H26O5Si. The summed E-state index contributed by atoms with van der Waals surface area (Å²) in [5.41, 5.74) is -1.14. The van der Waals surface area contributed by atoms with Crippen molar-refractivity contribution in [1.29, 1.82) is 0 Å². The fraction of sp³-hybridized carbons (Fsp3) is 0.867. The highest BCUT2D eigenvalue weighted by atomic mass is 28.4. The Kier molecular flexibility index (Phi) is 3.99. The lowest BCUT2D eigenvalue weighted by molar-refractivity contribution is -0.164. The summed E-state index contributed by atoms with van der Waals surface area (Å²) in [4.78, 5) is 24.3. The fourth-order valence-corrected chi connectivity index (χ4v) is 4.46. The highest BCUT2D eigenvalue weighted by Crippen LogP contribution is 2.52. The van der Waals surface area contributed by atoms with Crippen LogP contribution < -0.4 is 0 Å². The van der Waals surface area contributed by atoms with Gasteiger partial charge < -0.3 is 13.9 Å². The molecule has 5 nitrogen and oxygen atoms in total. The monoisotopic (exact) mass is 314 g/mol. The van der Waals surface area contributed by atoms with Gasteiger partial charge in [-0.15, -0.1) is 0 Å². The van der Waals surface area contributed by atoms with Gasteiger partial charge in [-0.05, 0) is 31.0 Å². The molecule has 6 heteroatoms. The van der Waals surface area contributed by atoms with Gasteiger partial charge in [0.15, 0.2) is 13.7 Å². The smallest absolute Gasteiger partial charge is 0.324 e. The SMILES string of the molecule is COC(=O)[C@@]12C[C@H](O[Si](C)(C)C(C)(C)C)C[C@@H]1COC2=O. The molecule has 0 bridgehead atoms. The van der Waals surface area contributed by atoms with Crippen LogP contribution in [-0.4, -0.2) is 40.1 Å². The minimum absolute atomic E-state index is 0.0668. The number of hydrogen-bond donors (Lipinski definition) is 0. The molecule has 3 atom stereocenters. The topological polar surface area (TPSA) is 61.8 Å². The highest BCUT2D eigenvalue weighted by Gasteiger charge is 2.64. The Labute approximate surface area is 127 Å². The van der Waals surface area contributed by atoms with E-state index in [2.05, 4.69) is 33.9 Å². The van der Waals surface area contributed by atoms with Crippen LogP contribution in [0.5, 0.6) is 0 Å². The molecule has 1 saturated carbocycles. The molecule has 21 heavy (non-hydrogen) atoms. The number of fused-ring (bicyclic) bond motifs is 1. The first-order valence-electron chi connectivity index (χ1n) is 7.48. The third-order valence-corrected chi connectivity index (χ3v) is 9.93. The molecule has 2 aliphatic rings. The van der Waals surface area contributed by atoms with Crippen LogP contribution in [-0.2, 0) is 23.5 Å². The van der Waals surface area contributed by atoms with E-state index in [4.69, 9.17) is 13.9 Å². The second kappa shape index (κ2) is 5.09. The van der Waals surface area contributed by atoms with Gasteiger partial charge in [0.25, 0.3) is 0 Å². The van der Waals surface area contributed by atoms with Crippen LogP contribution in [0, 0.1) is 11.3 Å². The maximum absolute atomic E-state index is 12.2. The molecule has 1 aliphatic carbocycles. The third kappa shape index (κ3) is 2.52. The van der Waals surface area contributed by atoms with Crippen molar-refractivity contribution >= 4 is 20.3 Å². The lowest BCUT2D eigenvalue weighted by Gasteiger charge is -2.38. The molecule has 0 aromatic rings. The van der Waals surface area contributed by atoms with Gasteiger partial charge in [0, 0.05) is 12.0 Å². The lowest BCUT2D eigenvalue weighted by atomic mass is 9.80. The Balaban J connectivity index is 2.19. The van der Waals surface area contributed by atoms with E-state index in [1.54, 1.807) is 0 Å². The first-order valence-corrected chi connectivity index (χ1v) is 10.4. The largest absolute Gasteiger partial charge is 0.468 e. The minimum Gasteiger partial charge on any atom is -0.468 e. The van der Waals surface area contributed by atoms with E-state index in [1.165, 1.54) is 7.11 Å². The predicted molar refractivity (Wildman–Crippen MR) is 80.2 cm³/mol. The number of methoxy groups -OCH3 is 1. The van der Waals surface area contributed by atoms with Crippen LogP contribution in [0.1, 0.15) is 33.6 Å². The molecule has 0 aromatic carbocycles. The van der Waals surface area contributed by atoms with Crippen molar-refractivity contribution in [2.75, 3.05) is 13.7 Å². The zero-order valence-corrected chi connectivity index (χ0v) is 14.8. The summed E-state index contributed by atoms with van der Waals surface area (Å²) < 4.78 is 16.4. The van der Waals surface area contributed by atoms with Crippen LogP contribution in [0.15, 0.2) is 0 Å². The van der Waals surface area contributed by atoms with Crippen molar-refractivity contribution in [3.63, 3.8) is 0 Å². The number of cyclic esters (lactones) is 1. The predicted octanol–water partition coefficient (Wildman–Crippen LogP) is 2.50. The Morgan fingerprint density at radius 1 is 1.38 bits per heavy atom. The van der Waals surface area contributed by atoms with Gasteiger partial charge in [-0.25, -0.2) is 0 Å². The number of rotatable bonds is 3. The molecule has 0 radical (unpaired) electrons.